The van der Waals surface area contributed by atoms with Crippen LogP contribution in [0, 0.1) is 5.41 Å². The fourth-order valence-electron chi connectivity index (χ4n) is 2.38. The zero-order chi connectivity index (χ0) is 13.7. The summed E-state index contributed by atoms with van der Waals surface area (Å²) in [5, 5.41) is 7.51. The van der Waals surface area contributed by atoms with E-state index in [0.29, 0.717) is 0 Å². The highest BCUT2D eigenvalue weighted by atomic mass is 14.3. The van der Waals surface area contributed by atoms with Gasteiger partial charge in [-0.3, -0.25) is 0 Å². The molecule has 1 nitrogen and oxygen atoms in total. The average Bonchev–Trinajstić information content (AvgIpc) is 2.47. The Morgan fingerprint density at radius 2 is 1.63 bits per heavy atom. The molecule has 0 aliphatic heterocycles. The summed E-state index contributed by atoms with van der Waals surface area (Å²) >= 11 is 0. The summed E-state index contributed by atoms with van der Waals surface area (Å²) in [6.45, 7) is 4.33. The molecule has 2 rings (SSSR count). The Labute approximate surface area is 115 Å². The van der Waals surface area contributed by atoms with Crippen LogP contribution >= 0.6 is 0 Å². The molecule has 0 saturated heterocycles. The molecule has 0 atom stereocenters. The fraction of sp³-hybridized carbons (Fsp3) is 0.278. The molecule has 19 heavy (non-hydrogen) atoms. The van der Waals surface area contributed by atoms with Gasteiger partial charge < -0.3 is 5.41 Å². The van der Waals surface area contributed by atoms with Crippen LogP contribution < -0.4 is 0 Å². The molecule has 2 aromatic rings. The van der Waals surface area contributed by atoms with Crippen molar-refractivity contribution in [3.05, 3.63) is 59.2 Å². The van der Waals surface area contributed by atoms with Gasteiger partial charge in [-0.2, -0.15) is 0 Å². The highest BCUT2D eigenvalue weighted by molar-refractivity contribution is 5.82. The van der Waals surface area contributed by atoms with Gasteiger partial charge >= 0.3 is 0 Å². The van der Waals surface area contributed by atoms with E-state index in [4.69, 9.17) is 5.41 Å². The van der Waals surface area contributed by atoms with Crippen molar-refractivity contribution in [1.82, 2.24) is 0 Å². The number of benzene rings is 2. The third kappa shape index (κ3) is 3.11. The first-order valence-corrected chi connectivity index (χ1v) is 7.01. The van der Waals surface area contributed by atoms with E-state index in [1.54, 1.807) is 0 Å². The molecule has 0 aliphatic carbocycles. The highest BCUT2D eigenvalue weighted by Crippen LogP contribution is 2.23. The van der Waals surface area contributed by atoms with Crippen molar-refractivity contribution in [1.29, 1.82) is 5.41 Å². The van der Waals surface area contributed by atoms with Gasteiger partial charge in [0, 0.05) is 6.21 Å². The van der Waals surface area contributed by atoms with E-state index in [1.165, 1.54) is 34.9 Å². The number of rotatable bonds is 5. The molecule has 1 heteroatoms. The molecule has 0 amide bonds. The van der Waals surface area contributed by atoms with Gasteiger partial charge in [0.2, 0.25) is 0 Å². The van der Waals surface area contributed by atoms with Crippen LogP contribution in [0.4, 0.5) is 0 Å². The van der Waals surface area contributed by atoms with Crippen LogP contribution in [0.25, 0.3) is 11.1 Å². The molecule has 0 spiro atoms. The first-order valence-electron chi connectivity index (χ1n) is 7.01. The van der Waals surface area contributed by atoms with E-state index in [0.717, 1.165) is 18.4 Å². The second kappa shape index (κ2) is 6.33. The Balaban J connectivity index is 2.33. The summed E-state index contributed by atoms with van der Waals surface area (Å²) in [5.74, 6) is 0. The van der Waals surface area contributed by atoms with Crippen molar-refractivity contribution in [3.63, 3.8) is 0 Å². The Morgan fingerprint density at radius 1 is 0.947 bits per heavy atom. The molecule has 0 bridgehead atoms. The Morgan fingerprint density at radius 3 is 2.21 bits per heavy atom. The second-order valence-electron chi connectivity index (χ2n) is 4.86. The Kier molecular flexibility index (Phi) is 4.51. The van der Waals surface area contributed by atoms with Crippen LogP contribution in [0.2, 0.25) is 0 Å². The minimum atomic E-state index is 0.973. The van der Waals surface area contributed by atoms with Crippen molar-refractivity contribution in [2.45, 2.75) is 33.1 Å². The largest absolute Gasteiger partial charge is 0.308 e. The minimum Gasteiger partial charge on any atom is -0.308 e. The van der Waals surface area contributed by atoms with Gasteiger partial charge in [0.15, 0.2) is 0 Å². The maximum absolute atomic E-state index is 7.51. The van der Waals surface area contributed by atoms with Gasteiger partial charge in [0.1, 0.15) is 0 Å². The Bertz CT molecular complexity index is 552. The van der Waals surface area contributed by atoms with Crippen LogP contribution in [-0.4, -0.2) is 6.21 Å². The van der Waals surface area contributed by atoms with E-state index < -0.39 is 0 Å². The topological polar surface area (TPSA) is 23.9 Å². The molecule has 2 aromatic carbocycles. The normalized spacial score (nSPS) is 10.4. The van der Waals surface area contributed by atoms with Gasteiger partial charge in [0.05, 0.1) is 0 Å². The van der Waals surface area contributed by atoms with Crippen molar-refractivity contribution in [2.24, 2.45) is 0 Å². The maximum atomic E-state index is 7.51. The minimum absolute atomic E-state index is 0.973. The molecule has 0 radical (unpaired) electrons. The summed E-state index contributed by atoms with van der Waals surface area (Å²) in [7, 11) is 0. The van der Waals surface area contributed by atoms with E-state index >= 15 is 0 Å². The predicted octanol–water partition coefficient (Wildman–Crippen LogP) is 4.87. The maximum Gasteiger partial charge on any atom is 0.0253 e. The van der Waals surface area contributed by atoms with Crippen molar-refractivity contribution >= 4 is 6.21 Å². The lowest BCUT2D eigenvalue weighted by molar-refractivity contribution is 0.922. The molecule has 0 fully saturated rings. The van der Waals surface area contributed by atoms with Crippen LogP contribution in [0.3, 0.4) is 0 Å². The lowest BCUT2D eigenvalue weighted by atomic mass is 9.97. The zero-order valence-corrected chi connectivity index (χ0v) is 11.7. The van der Waals surface area contributed by atoms with Crippen molar-refractivity contribution in [3.8, 4) is 11.1 Å². The van der Waals surface area contributed by atoms with Gasteiger partial charge in [-0.15, -0.1) is 0 Å². The number of hydrogen-bond donors (Lipinski definition) is 1. The first kappa shape index (κ1) is 13.5. The molecule has 0 saturated carbocycles. The quantitative estimate of drug-likeness (QED) is 0.733. The number of nitrogens with one attached hydrogen (secondary N) is 1. The summed E-state index contributed by atoms with van der Waals surface area (Å²) in [5.41, 5.74) is 6.08. The van der Waals surface area contributed by atoms with E-state index in [2.05, 4.69) is 56.3 Å². The smallest absolute Gasteiger partial charge is 0.0253 e. The van der Waals surface area contributed by atoms with Crippen molar-refractivity contribution in [2.75, 3.05) is 0 Å². The van der Waals surface area contributed by atoms with Crippen LogP contribution in [-0.2, 0) is 12.8 Å². The lowest BCUT2D eigenvalue weighted by Gasteiger charge is -2.08. The number of aryl methyl sites for hydroxylation is 2. The van der Waals surface area contributed by atoms with Crippen LogP contribution in [0.5, 0.6) is 0 Å². The first-order chi connectivity index (χ1) is 9.28. The molecule has 98 valence electrons. The highest BCUT2D eigenvalue weighted by Gasteiger charge is 2.03. The van der Waals surface area contributed by atoms with E-state index in [-0.39, 0.29) is 0 Å². The van der Waals surface area contributed by atoms with E-state index in [9.17, 15) is 0 Å². The third-order valence-electron chi connectivity index (χ3n) is 3.51. The summed E-state index contributed by atoms with van der Waals surface area (Å²) in [6.07, 6.45) is 4.75. The molecular weight excluding hydrogens is 230 g/mol. The van der Waals surface area contributed by atoms with Gasteiger partial charge in [-0.1, -0.05) is 56.7 Å². The molecule has 0 heterocycles. The van der Waals surface area contributed by atoms with Crippen molar-refractivity contribution < 1.29 is 0 Å². The lowest BCUT2D eigenvalue weighted by Crippen LogP contribution is -1.92. The SMILES string of the molecule is CCCc1ccc(-c2ccc(CC)c(C=N)c2)cc1. The Hall–Kier alpha value is -1.89. The summed E-state index contributed by atoms with van der Waals surface area (Å²) in [6, 6.07) is 15.2. The van der Waals surface area contributed by atoms with Gasteiger partial charge in [-0.05, 0) is 46.7 Å². The standard InChI is InChI=1S/C18H21N/c1-3-5-14-6-8-16(9-7-14)17-11-10-15(4-2)18(12-17)13-19/h6-13,19H,3-5H2,1-2H3. The molecule has 0 aromatic heterocycles. The predicted molar refractivity (Wildman–Crippen MR) is 83.1 cm³/mol. The molecular formula is C18H21N. The molecule has 0 aliphatic rings. The van der Waals surface area contributed by atoms with Gasteiger partial charge in [-0.25, -0.2) is 0 Å². The van der Waals surface area contributed by atoms with Crippen LogP contribution in [0.15, 0.2) is 42.5 Å². The van der Waals surface area contributed by atoms with Crippen LogP contribution in [0.1, 0.15) is 37.0 Å². The zero-order valence-electron chi connectivity index (χ0n) is 11.7. The second-order valence-corrected chi connectivity index (χ2v) is 4.86. The summed E-state index contributed by atoms with van der Waals surface area (Å²) in [4.78, 5) is 0. The third-order valence-corrected chi connectivity index (χ3v) is 3.51. The fourth-order valence-corrected chi connectivity index (χ4v) is 2.38. The molecule has 1 N–H and O–H groups in total. The number of hydrogen-bond acceptors (Lipinski definition) is 1. The molecule has 0 unspecified atom stereocenters. The monoisotopic (exact) mass is 251 g/mol. The average molecular weight is 251 g/mol. The summed E-state index contributed by atoms with van der Waals surface area (Å²) < 4.78 is 0. The van der Waals surface area contributed by atoms with E-state index in [1.807, 2.05) is 0 Å². The van der Waals surface area contributed by atoms with Gasteiger partial charge in [0.25, 0.3) is 0 Å².